The van der Waals surface area contributed by atoms with Crippen molar-refractivity contribution in [3.63, 3.8) is 0 Å². The third-order valence-corrected chi connectivity index (χ3v) is 5.39. The number of likely N-dealkylation sites (tertiary alicyclic amines) is 1. The molecule has 2 fully saturated rings. The maximum absolute atomic E-state index is 12.4. The van der Waals surface area contributed by atoms with Gasteiger partial charge < -0.3 is 16.4 Å². The first kappa shape index (κ1) is 16.9. The Hall–Kier alpha value is -2.53. The molecule has 1 heterocycles. The molecule has 2 aromatic carbocycles. The van der Waals surface area contributed by atoms with Crippen LogP contribution in [0.25, 0.3) is 0 Å². The minimum absolute atomic E-state index is 0.151. The van der Waals surface area contributed by atoms with Crippen LogP contribution in [0.2, 0.25) is 0 Å². The molecule has 0 spiro atoms. The lowest BCUT2D eigenvalue weighted by atomic mass is 10.0. The van der Waals surface area contributed by atoms with E-state index in [9.17, 15) is 4.79 Å². The average molecular weight is 350 g/mol. The van der Waals surface area contributed by atoms with Gasteiger partial charge in [-0.15, -0.1) is 0 Å². The van der Waals surface area contributed by atoms with Gasteiger partial charge in [0.25, 0.3) is 5.91 Å². The van der Waals surface area contributed by atoms with Crippen LogP contribution >= 0.6 is 0 Å². The van der Waals surface area contributed by atoms with Crippen LogP contribution in [0.1, 0.15) is 30.1 Å². The highest BCUT2D eigenvalue weighted by atomic mass is 16.1. The van der Waals surface area contributed by atoms with Crippen LogP contribution in [-0.2, 0) is 0 Å². The first-order valence-corrected chi connectivity index (χ1v) is 9.26. The van der Waals surface area contributed by atoms with Crippen LogP contribution < -0.4 is 16.4 Å². The van der Waals surface area contributed by atoms with Gasteiger partial charge in [-0.3, -0.25) is 9.69 Å². The number of hydrogen-bond donors (Lipinski definition) is 3. The number of hydrogen-bond acceptors (Lipinski definition) is 4. The van der Waals surface area contributed by atoms with Gasteiger partial charge in [-0.2, -0.15) is 0 Å². The van der Waals surface area contributed by atoms with E-state index in [1.165, 1.54) is 19.4 Å². The summed E-state index contributed by atoms with van der Waals surface area (Å²) in [6.45, 7) is 5.81. The first-order valence-electron chi connectivity index (χ1n) is 9.26. The van der Waals surface area contributed by atoms with E-state index in [0.717, 1.165) is 18.8 Å². The number of nitrogens with one attached hydrogen (secondary N) is 2. The van der Waals surface area contributed by atoms with E-state index in [1.54, 1.807) is 12.1 Å². The van der Waals surface area contributed by atoms with Gasteiger partial charge in [0.2, 0.25) is 0 Å². The number of nitrogens with zero attached hydrogens (tertiary/aromatic N) is 1. The molecule has 4 N–H and O–H groups in total. The van der Waals surface area contributed by atoms with Crippen molar-refractivity contribution >= 4 is 23.0 Å². The largest absolute Gasteiger partial charge is 0.397 e. The van der Waals surface area contributed by atoms with Crippen molar-refractivity contribution in [1.82, 2.24) is 4.90 Å². The second-order valence-electron chi connectivity index (χ2n) is 7.96. The van der Waals surface area contributed by atoms with Gasteiger partial charge >= 0.3 is 0 Å². The monoisotopic (exact) mass is 350 g/mol. The smallest absolute Gasteiger partial charge is 0.255 e. The molecule has 1 saturated carbocycles. The molecule has 1 aliphatic heterocycles. The van der Waals surface area contributed by atoms with E-state index in [4.69, 9.17) is 5.73 Å². The van der Waals surface area contributed by atoms with E-state index in [1.807, 2.05) is 36.4 Å². The summed E-state index contributed by atoms with van der Waals surface area (Å²) in [6, 6.07) is 15.4. The van der Waals surface area contributed by atoms with E-state index < -0.39 is 0 Å². The summed E-state index contributed by atoms with van der Waals surface area (Å²) in [5.41, 5.74) is 9.34. The SMILES string of the molecule is CC1(CN2CC(Nc3ccc(C(=O)Nc4ccccc4N)cc3)C2)CC1. The molecule has 1 aliphatic carbocycles. The minimum atomic E-state index is -0.151. The van der Waals surface area contributed by atoms with Gasteiger partial charge in [0.05, 0.1) is 17.4 Å². The zero-order chi connectivity index (χ0) is 18.1. The van der Waals surface area contributed by atoms with Gasteiger partial charge in [-0.1, -0.05) is 19.1 Å². The number of carbonyl (C=O) groups excluding carboxylic acids is 1. The maximum atomic E-state index is 12.4. The molecule has 0 radical (unpaired) electrons. The molecule has 136 valence electrons. The van der Waals surface area contributed by atoms with E-state index in [-0.39, 0.29) is 5.91 Å². The third kappa shape index (κ3) is 3.83. The third-order valence-electron chi connectivity index (χ3n) is 5.39. The van der Waals surface area contributed by atoms with Crippen LogP contribution in [-0.4, -0.2) is 36.5 Å². The minimum Gasteiger partial charge on any atom is -0.397 e. The van der Waals surface area contributed by atoms with Gasteiger partial charge in [-0.05, 0) is 54.7 Å². The fourth-order valence-corrected chi connectivity index (χ4v) is 3.46. The predicted octanol–water partition coefficient (Wildman–Crippen LogP) is 3.42. The van der Waals surface area contributed by atoms with Crippen molar-refractivity contribution in [1.29, 1.82) is 0 Å². The summed E-state index contributed by atoms with van der Waals surface area (Å²) in [7, 11) is 0. The van der Waals surface area contributed by atoms with Crippen molar-refractivity contribution in [2.45, 2.75) is 25.8 Å². The molecule has 0 bridgehead atoms. The highest BCUT2D eigenvalue weighted by Gasteiger charge is 2.41. The molecule has 5 nitrogen and oxygen atoms in total. The van der Waals surface area contributed by atoms with Gasteiger partial charge in [-0.25, -0.2) is 0 Å². The van der Waals surface area contributed by atoms with Crippen molar-refractivity contribution in [2.24, 2.45) is 5.41 Å². The second kappa shape index (κ2) is 6.65. The number of rotatable bonds is 6. The Bertz CT molecular complexity index is 792. The predicted molar refractivity (Wildman–Crippen MR) is 106 cm³/mol. The Morgan fingerprint density at radius 3 is 2.50 bits per heavy atom. The molecule has 0 atom stereocenters. The van der Waals surface area contributed by atoms with Crippen LogP contribution in [0.5, 0.6) is 0 Å². The number of nitrogen functional groups attached to an aromatic ring is 1. The van der Waals surface area contributed by atoms with Crippen molar-refractivity contribution in [3.8, 4) is 0 Å². The van der Waals surface area contributed by atoms with Crippen molar-refractivity contribution in [3.05, 3.63) is 54.1 Å². The normalized spacial score (nSPS) is 18.8. The highest BCUT2D eigenvalue weighted by Crippen LogP contribution is 2.46. The second-order valence-corrected chi connectivity index (χ2v) is 7.96. The average Bonchev–Trinajstić information content (AvgIpc) is 3.33. The molecule has 1 amide bonds. The fraction of sp³-hybridized carbons (Fsp3) is 0.381. The van der Waals surface area contributed by atoms with Gasteiger partial charge in [0, 0.05) is 30.9 Å². The quantitative estimate of drug-likeness (QED) is 0.698. The molecule has 2 aromatic rings. The van der Waals surface area contributed by atoms with Crippen molar-refractivity contribution < 1.29 is 4.79 Å². The highest BCUT2D eigenvalue weighted by molar-refractivity contribution is 6.05. The van der Waals surface area contributed by atoms with Crippen LogP contribution in [0, 0.1) is 5.41 Å². The first-order chi connectivity index (χ1) is 12.5. The summed E-state index contributed by atoms with van der Waals surface area (Å²) >= 11 is 0. The number of anilines is 3. The molecule has 0 aromatic heterocycles. The summed E-state index contributed by atoms with van der Waals surface area (Å²) in [5, 5.41) is 6.40. The van der Waals surface area contributed by atoms with Crippen molar-refractivity contribution in [2.75, 3.05) is 36.0 Å². The van der Waals surface area contributed by atoms with Crippen LogP contribution in [0.4, 0.5) is 17.1 Å². The zero-order valence-electron chi connectivity index (χ0n) is 15.2. The Morgan fingerprint density at radius 1 is 1.15 bits per heavy atom. The Labute approximate surface area is 154 Å². The van der Waals surface area contributed by atoms with Crippen LogP contribution in [0.15, 0.2) is 48.5 Å². The molecule has 1 saturated heterocycles. The number of benzene rings is 2. The van der Waals surface area contributed by atoms with Gasteiger partial charge in [0.15, 0.2) is 0 Å². The summed E-state index contributed by atoms with van der Waals surface area (Å²) in [6.07, 6.45) is 2.75. The lowest BCUT2D eigenvalue weighted by Crippen LogP contribution is -2.55. The topological polar surface area (TPSA) is 70.4 Å². The van der Waals surface area contributed by atoms with E-state index in [2.05, 4.69) is 22.5 Å². The molecule has 26 heavy (non-hydrogen) atoms. The molecule has 0 unspecified atom stereocenters. The molecule has 4 rings (SSSR count). The number of nitrogens with two attached hydrogens (primary N) is 1. The molecule has 5 heteroatoms. The number of carbonyl (C=O) groups is 1. The van der Waals surface area contributed by atoms with Gasteiger partial charge in [0.1, 0.15) is 0 Å². The van der Waals surface area contributed by atoms with E-state index >= 15 is 0 Å². The lowest BCUT2D eigenvalue weighted by molar-refractivity contribution is 0.102. The Morgan fingerprint density at radius 2 is 1.85 bits per heavy atom. The van der Waals surface area contributed by atoms with Crippen LogP contribution in [0.3, 0.4) is 0 Å². The fourth-order valence-electron chi connectivity index (χ4n) is 3.46. The standard InChI is InChI=1S/C21H26N4O/c1-21(10-11-21)14-25-12-17(13-25)23-16-8-6-15(7-9-16)20(26)24-19-5-3-2-4-18(19)22/h2-9,17,23H,10-14,22H2,1H3,(H,24,26). The van der Waals surface area contributed by atoms with E-state index in [0.29, 0.717) is 28.4 Å². The Kier molecular flexibility index (Phi) is 4.32. The lowest BCUT2D eigenvalue weighted by Gasteiger charge is -2.41. The maximum Gasteiger partial charge on any atom is 0.255 e. The molecule has 2 aliphatic rings. The zero-order valence-corrected chi connectivity index (χ0v) is 15.2. The summed E-state index contributed by atoms with van der Waals surface area (Å²) < 4.78 is 0. The summed E-state index contributed by atoms with van der Waals surface area (Å²) in [5.74, 6) is -0.151. The summed E-state index contributed by atoms with van der Waals surface area (Å²) in [4.78, 5) is 14.9. The Balaban J connectivity index is 1.28. The number of para-hydroxylation sites is 2. The molecular formula is C21H26N4O. The number of amides is 1. The molecular weight excluding hydrogens is 324 g/mol.